The van der Waals surface area contributed by atoms with Gasteiger partial charge in [-0.25, -0.2) is 0 Å². The lowest BCUT2D eigenvalue weighted by atomic mass is 10.2. The molecule has 96 valence electrons. The third-order valence-corrected chi connectivity index (χ3v) is 1.74. The second kappa shape index (κ2) is 9.77. The lowest BCUT2D eigenvalue weighted by Crippen LogP contribution is -2.21. The lowest BCUT2D eigenvalue weighted by molar-refractivity contribution is -0.134. The van der Waals surface area contributed by atoms with Crippen LogP contribution in [-0.2, 0) is 16.1 Å². The van der Waals surface area contributed by atoms with Crippen molar-refractivity contribution in [1.82, 2.24) is 0 Å². The smallest absolute Gasteiger partial charge is 0.300 e. The van der Waals surface area contributed by atoms with Crippen molar-refractivity contribution < 1.29 is 24.9 Å². The molecule has 1 rings (SSSR count). The number of hydrogen-bond acceptors (Lipinski definition) is 4. The molecule has 0 spiro atoms. The highest BCUT2D eigenvalue weighted by atomic mass is 16.5. The summed E-state index contributed by atoms with van der Waals surface area (Å²) in [5, 5.41) is 24.9. The van der Waals surface area contributed by atoms with Gasteiger partial charge in [-0.1, -0.05) is 30.3 Å². The maximum atomic E-state index is 9.00. The van der Waals surface area contributed by atoms with E-state index in [1.165, 1.54) is 0 Å². The first-order chi connectivity index (χ1) is 8.10. The van der Waals surface area contributed by atoms with Gasteiger partial charge in [0.2, 0.25) is 0 Å². The van der Waals surface area contributed by atoms with Crippen LogP contribution in [0.1, 0.15) is 12.5 Å². The Morgan fingerprint density at radius 1 is 1.24 bits per heavy atom. The zero-order valence-corrected chi connectivity index (χ0v) is 9.74. The normalized spacial score (nSPS) is 9.65. The van der Waals surface area contributed by atoms with Crippen LogP contribution in [0.5, 0.6) is 0 Å². The maximum Gasteiger partial charge on any atom is 0.300 e. The van der Waals surface area contributed by atoms with Gasteiger partial charge in [-0.3, -0.25) is 4.79 Å². The molecule has 0 saturated carbocycles. The molecule has 0 atom stereocenters. The number of benzene rings is 1. The number of hydrogen-bond donors (Lipinski definition) is 3. The molecule has 0 fully saturated rings. The number of ether oxygens (including phenoxy) is 1. The first kappa shape index (κ1) is 15.6. The molecule has 0 radical (unpaired) electrons. The quantitative estimate of drug-likeness (QED) is 0.705. The predicted molar refractivity (Wildman–Crippen MR) is 62.5 cm³/mol. The summed E-state index contributed by atoms with van der Waals surface area (Å²) in [6.45, 7) is 1.21. The Morgan fingerprint density at radius 3 is 2.12 bits per heavy atom. The molecule has 0 unspecified atom stereocenters. The molecule has 0 aliphatic heterocycles. The Kier molecular flexibility index (Phi) is 8.95. The van der Waals surface area contributed by atoms with Crippen molar-refractivity contribution in [3.8, 4) is 0 Å². The van der Waals surface area contributed by atoms with Crippen LogP contribution in [0, 0.1) is 0 Å². The zero-order valence-electron chi connectivity index (χ0n) is 9.74. The monoisotopic (exact) mass is 242 g/mol. The van der Waals surface area contributed by atoms with Gasteiger partial charge in [0.25, 0.3) is 5.97 Å². The van der Waals surface area contributed by atoms with Gasteiger partial charge in [0.1, 0.15) is 6.10 Å². The lowest BCUT2D eigenvalue weighted by Gasteiger charge is -2.11. The number of aliphatic hydroxyl groups excluding tert-OH is 2. The van der Waals surface area contributed by atoms with E-state index in [4.69, 9.17) is 24.9 Å². The van der Waals surface area contributed by atoms with Gasteiger partial charge in [-0.05, 0) is 5.56 Å². The Hall–Kier alpha value is -1.43. The molecule has 5 nitrogen and oxygen atoms in total. The largest absolute Gasteiger partial charge is 0.481 e. The number of rotatable bonds is 5. The van der Waals surface area contributed by atoms with Crippen molar-refractivity contribution in [2.45, 2.75) is 19.6 Å². The minimum atomic E-state index is -0.833. The summed E-state index contributed by atoms with van der Waals surface area (Å²) in [5.74, 6) is -0.833. The van der Waals surface area contributed by atoms with E-state index < -0.39 is 12.1 Å². The summed E-state index contributed by atoms with van der Waals surface area (Å²) in [6.07, 6.45) is -0.472. The Balaban J connectivity index is 0.000000557. The standard InChI is InChI=1S/C10H14O3.C2H4O2/c11-6-10(7-12)13-8-9-4-2-1-3-5-9;1-2(3)4/h1-5,10-12H,6-8H2;1H3,(H,3,4). The SMILES string of the molecule is CC(=O)O.OCC(CO)OCc1ccccc1. The molecule has 0 bridgehead atoms. The van der Waals surface area contributed by atoms with Gasteiger partial charge < -0.3 is 20.1 Å². The molecule has 0 aliphatic carbocycles. The van der Waals surface area contributed by atoms with Crippen LogP contribution in [0.3, 0.4) is 0 Å². The molecule has 1 aromatic carbocycles. The van der Waals surface area contributed by atoms with Crippen LogP contribution >= 0.6 is 0 Å². The highest BCUT2D eigenvalue weighted by Gasteiger charge is 2.04. The number of carboxylic acid groups (broad SMARTS) is 1. The van der Waals surface area contributed by atoms with E-state index in [-0.39, 0.29) is 13.2 Å². The van der Waals surface area contributed by atoms with Gasteiger partial charge in [-0.15, -0.1) is 0 Å². The fourth-order valence-corrected chi connectivity index (χ4v) is 0.951. The third-order valence-electron chi connectivity index (χ3n) is 1.74. The molecule has 0 aromatic heterocycles. The van der Waals surface area contributed by atoms with Crippen LogP contribution in [-0.4, -0.2) is 40.6 Å². The molecule has 5 heteroatoms. The van der Waals surface area contributed by atoms with E-state index in [0.717, 1.165) is 12.5 Å². The van der Waals surface area contributed by atoms with E-state index in [1.54, 1.807) is 0 Å². The average molecular weight is 242 g/mol. The van der Waals surface area contributed by atoms with Crippen LogP contribution in [0.15, 0.2) is 30.3 Å². The van der Waals surface area contributed by atoms with E-state index in [9.17, 15) is 0 Å². The van der Waals surface area contributed by atoms with Gasteiger partial charge in [-0.2, -0.15) is 0 Å². The van der Waals surface area contributed by atoms with Crippen molar-refractivity contribution in [1.29, 1.82) is 0 Å². The molecule has 1 aromatic rings. The highest BCUT2D eigenvalue weighted by Crippen LogP contribution is 2.02. The summed E-state index contributed by atoms with van der Waals surface area (Å²) in [7, 11) is 0. The number of carboxylic acids is 1. The number of aliphatic carboxylic acids is 1. The first-order valence-corrected chi connectivity index (χ1v) is 5.17. The highest BCUT2D eigenvalue weighted by molar-refractivity contribution is 5.62. The minimum Gasteiger partial charge on any atom is -0.481 e. The summed E-state index contributed by atoms with van der Waals surface area (Å²) in [5.41, 5.74) is 1.04. The van der Waals surface area contributed by atoms with Crippen LogP contribution in [0.25, 0.3) is 0 Å². The first-order valence-electron chi connectivity index (χ1n) is 5.17. The zero-order chi connectivity index (χ0) is 13.1. The van der Waals surface area contributed by atoms with Gasteiger partial charge in [0.05, 0.1) is 19.8 Å². The van der Waals surface area contributed by atoms with Crippen LogP contribution < -0.4 is 0 Å². The topological polar surface area (TPSA) is 87.0 Å². The molecule has 0 heterocycles. The molecule has 0 saturated heterocycles. The molecule has 0 aliphatic rings. The number of carbonyl (C=O) groups is 1. The Labute approximate surface area is 100 Å². The number of aliphatic hydroxyl groups is 2. The summed E-state index contributed by atoms with van der Waals surface area (Å²) >= 11 is 0. The van der Waals surface area contributed by atoms with Crippen molar-refractivity contribution in [2.24, 2.45) is 0 Å². The molecular formula is C12H18O5. The summed E-state index contributed by atoms with van der Waals surface area (Å²) in [6, 6.07) is 9.65. The molecular weight excluding hydrogens is 224 g/mol. The summed E-state index contributed by atoms with van der Waals surface area (Å²) < 4.78 is 5.23. The van der Waals surface area contributed by atoms with E-state index in [2.05, 4.69) is 0 Å². The maximum absolute atomic E-state index is 9.00. The summed E-state index contributed by atoms with van der Waals surface area (Å²) in [4.78, 5) is 9.00. The molecule has 17 heavy (non-hydrogen) atoms. The minimum absolute atomic E-state index is 0.149. The van der Waals surface area contributed by atoms with Gasteiger partial charge in [0, 0.05) is 6.92 Å². The predicted octanol–water partition coefficient (Wildman–Crippen LogP) is 0.647. The van der Waals surface area contributed by atoms with E-state index in [1.807, 2.05) is 30.3 Å². The second-order valence-electron chi connectivity index (χ2n) is 3.30. The van der Waals surface area contributed by atoms with Gasteiger partial charge >= 0.3 is 0 Å². The van der Waals surface area contributed by atoms with Crippen LogP contribution in [0.2, 0.25) is 0 Å². The van der Waals surface area contributed by atoms with Gasteiger partial charge in [0.15, 0.2) is 0 Å². The molecule has 3 N–H and O–H groups in total. The van der Waals surface area contributed by atoms with Crippen molar-refractivity contribution >= 4 is 5.97 Å². The van der Waals surface area contributed by atoms with Crippen LogP contribution in [0.4, 0.5) is 0 Å². The van der Waals surface area contributed by atoms with E-state index >= 15 is 0 Å². The Morgan fingerprint density at radius 2 is 1.71 bits per heavy atom. The average Bonchev–Trinajstić information content (AvgIpc) is 2.31. The van der Waals surface area contributed by atoms with Crippen molar-refractivity contribution in [3.05, 3.63) is 35.9 Å². The fourth-order valence-electron chi connectivity index (χ4n) is 0.951. The fraction of sp³-hybridized carbons (Fsp3) is 0.417. The third kappa shape index (κ3) is 9.50. The van der Waals surface area contributed by atoms with E-state index in [0.29, 0.717) is 6.61 Å². The second-order valence-corrected chi connectivity index (χ2v) is 3.30. The Bertz CT molecular complexity index is 291. The van der Waals surface area contributed by atoms with Crippen molar-refractivity contribution in [2.75, 3.05) is 13.2 Å². The molecule has 0 amide bonds. The van der Waals surface area contributed by atoms with Crippen molar-refractivity contribution in [3.63, 3.8) is 0 Å².